The molecule has 0 saturated heterocycles. The lowest BCUT2D eigenvalue weighted by Gasteiger charge is -2.16. The van der Waals surface area contributed by atoms with Gasteiger partial charge < -0.3 is 15.8 Å². The molecule has 0 bridgehead atoms. The molecule has 5 heteroatoms. The van der Waals surface area contributed by atoms with Crippen molar-refractivity contribution in [1.29, 1.82) is 0 Å². The van der Waals surface area contributed by atoms with Crippen LogP contribution in [0, 0.1) is 13.8 Å². The maximum absolute atomic E-state index is 11.8. The Morgan fingerprint density at radius 3 is 2.62 bits per heavy atom. The van der Waals surface area contributed by atoms with Crippen LogP contribution in [0.15, 0.2) is 18.2 Å². The van der Waals surface area contributed by atoms with Crippen molar-refractivity contribution in [2.45, 2.75) is 46.1 Å². The van der Waals surface area contributed by atoms with Crippen molar-refractivity contribution in [3.63, 3.8) is 0 Å². The monoisotopic (exact) mass is 314 g/mol. The number of carbonyl (C=O) groups excluding carboxylic acids is 1. The Labute approximate surface area is 133 Å². The summed E-state index contributed by atoms with van der Waals surface area (Å²) in [5, 5.41) is 2.91. The lowest BCUT2D eigenvalue weighted by Crippen LogP contribution is -2.42. The molecular formula is C16H27ClN2O2. The number of amides is 1. The molecule has 0 heterocycles. The van der Waals surface area contributed by atoms with Gasteiger partial charge in [0.1, 0.15) is 5.75 Å². The summed E-state index contributed by atoms with van der Waals surface area (Å²) >= 11 is 0. The van der Waals surface area contributed by atoms with Crippen LogP contribution in [0.25, 0.3) is 0 Å². The number of halogens is 1. The zero-order valence-electron chi connectivity index (χ0n) is 13.1. The van der Waals surface area contributed by atoms with Crippen molar-refractivity contribution in [1.82, 2.24) is 5.32 Å². The van der Waals surface area contributed by atoms with Gasteiger partial charge in [-0.05, 0) is 43.5 Å². The highest BCUT2D eigenvalue weighted by Crippen LogP contribution is 2.16. The molecule has 0 spiro atoms. The van der Waals surface area contributed by atoms with Gasteiger partial charge in [0.25, 0.3) is 5.91 Å². The standard InChI is InChI=1S/C16H26N2O2.ClH/c1-4-5-6-14(10-17)18-16(19)11-20-15-8-7-12(2)13(3)9-15;/h7-9,14H,4-6,10-11,17H2,1-3H3,(H,18,19);1H. The number of nitrogens with two attached hydrogens (primary N) is 1. The second kappa shape index (κ2) is 10.5. The van der Waals surface area contributed by atoms with Crippen molar-refractivity contribution in [3.05, 3.63) is 29.3 Å². The first-order chi connectivity index (χ1) is 9.56. The fourth-order valence-electron chi connectivity index (χ4n) is 1.92. The number of rotatable bonds is 8. The summed E-state index contributed by atoms with van der Waals surface area (Å²) < 4.78 is 5.50. The molecule has 1 rings (SSSR count). The van der Waals surface area contributed by atoms with E-state index in [0.29, 0.717) is 6.54 Å². The van der Waals surface area contributed by atoms with Crippen LogP contribution in [-0.4, -0.2) is 25.1 Å². The molecule has 3 N–H and O–H groups in total. The molecule has 0 aliphatic carbocycles. The van der Waals surface area contributed by atoms with E-state index in [9.17, 15) is 4.79 Å². The molecular weight excluding hydrogens is 288 g/mol. The Balaban J connectivity index is 0.00000400. The van der Waals surface area contributed by atoms with E-state index >= 15 is 0 Å². The molecule has 1 amide bonds. The Morgan fingerprint density at radius 1 is 1.33 bits per heavy atom. The van der Waals surface area contributed by atoms with Crippen LogP contribution in [-0.2, 0) is 4.79 Å². The molecule has 1 atom stereocenters. The summed E-state index contributed by atoms with van der Waals surface area (Å²) in [6.45, 7) is 6.70. The van der Waals surface area contributed by atoms with Gasteiger partial charge in [0.05, 0.1) is 0 Å². The van der Waals surface area contributed by atoms with Gasteiger partial charge in [0.15, 0.2) is 6.61 Å². The third-order valence-electron chi connectivity index (χ3n) is 3.40. The number of ether oxygens (including phenoxy) is 1. The third kappa shape index (κ3) is 7.34. The van der Waals surface area contributed by atoms with E-state index in [-0.39, 0.29) is 31.0 Å². The third-order valence-corrected chi connectivity index (χ3v) is 3.40. The second-order valence-corrected chi connectivity index (χ2v) is 5.18. The Bertz CT molecular complexity index is 438. The highest BCUT2D eigenvalue weighted by atomic mass is 35.5. The molecule has 120 valence electrons. The first kappa shape index (κ1) is 19.7. The molecule has 0 aliphatic rings. The molecule has 0 radical (unpaired) electrons. The van der Waals surface area contributed by atoms with E-state index in [4.69, 9.17) is 10.5 Å². The van der Waals surface area contributed by atoms with Crippen LogP contribution < -0.4 is 15.8 Å². The zero-order valence-corrected chi connectivity index (χ0v) is 14.0. The lowest BCUT2D eigenvalue weighted by molar-refractivity contribution is -0.123. The topological polar surface area (TPSA) is 64.3 Å². The second-order valence-electron chi connectivity index (χ2n) is 5.18. The summed E-state index contributed by atoms with van der Waals surface area (Å²) in [7, 11) is 0. The van der Waals surface area contributed by atoms with Crippen LogP contribution in [0.3, 0.4) is 0 Å². The number of benzene rings is 1. The molecule has 0 aliphatic heterocycles. The zero-order chi connectivity index (χ0) is 15.0. The number of carbonyl (C=O) groups is 1. The largest absolute Gasteiger partial charge is 0.484 e. The average molecular weight is 315 g/mol. The van der Waals surface area contributed by atoms with Gasteiger partial charge in [0.2, 0.25) is 0 Å². The highest BCUT2D eigenvalue weighted by Gasteiger charge is 2.10. The number of aryl methyl sites for hydroxylation is 2. The predicted octanol–water partition coefficient (Wildman–Crippen LogP) is 2.74. The number of unbranched alkanes of at least 4 members (excludes halogenated alkanes) is 1. The summed E-state index contributed by atoms with van der Waals surface area (Å²) in [5.41, 5.74) is 8.02. The number of nitrogens with one attached hydrogen (secondary N) is 1. The van der Waals surface area contributed by atoms with Crippen molar-refractivity contribution in [3.8, 4) is 5.75 Å². The molecule has 0 saturated carbocycles. The molecule has 1 aromatic rings. The van der Waals surface area contributed by atoms with E-state index in [2.05, 4.69) is 12.2 Å². The molecule has 4 nitrogen and oxygen atoms in total. The smallest absolute Gasteiger partial charge is 0.258 e. The van der Waals surface area contributed by atoms with Crippen LogP contribution in [0.1, 0.15) is 37.3 Å². The van der Waals surface area contributed by atoms with Crippen molar-refractivity contribution in [2.24, 2.45) is 5.73 Å². The van der Waals surface area contributed by atoms with E-state index in [0.717, 1.165) is 30.6 Å². The van der Waals surface area contributed by atoms with E-state index in [1.54, 1.807) is 0 Å². The van der Waals surface area contributed by atoms with Crippen LogP contribution in [0.2, 0.25) is 0 Å². The van der Waals surface area contributed by atoms with Gasteiger partial charge in [-0.25, -0.2) is 0 Å². The maximum atomic E-state index is 11.8. The van der Waals surface area contributed by atoms with Gasteiger partial charge in [-0.3, -0.25) is 4.79 Å². The van der Waals surface area contributed by atoms with Gasteiger partial charge in [-0.15, -0.1) is 12.4 Å². The SMILES string of the molecule is CCCCC(CN)NC(=O)COc1ccc(C)c(C)c1.Cl. The van der Waals surface area contributed by atoms with Crippen molar-refractivity contribution < 1.29 is 9.53 Å². The van der Waals surface area contributed by atoms with Gasteiger partial charge in [-0.2, -0.15) is 0 Å². The molecule has 0 aromatic heterocycles. The van der Waals surface area contributed by atoms with Crippen LogP contribution in [0.5, 0.6) is 5.75 Å². The van der Waals surface area contributed by atoms with Gasteiger partial charge in [-0.1, -0.05) is 25.8 Å². The summed E-state index contributed by atoms with van der Waals surface area (Å²) in [4.78, 5) is 11.8. The quantitative estimate of drug-likeness (QED) is 0.775. The van der Waals surface area contributed by atoms with Gasteiger partial charge in [0, 0.05) is 12.6 Å². The first-order valence-corrected chi connectivity index (χ1v) is 7.26. The summed E-state index contributed by atoms with van der Waals surface area (Å²) in [6, 6.07) is 5.87. The normalized spacial score (nSPS) is 11.4. The first-order valence-electron chi connectivity index (χ1n) is 7.26. The molecule has 0 fully saturated rings. The number of hydrogen-bond donors (Lipinski definition) is 2. The molecule has 1 unspecified atom stereocenters. The predicted molar refractivity (Wildman–Crippen MR) is 89.2 cm³/mol. The summed E-state index contributed by atoms with van der Waals surface area (Å²) in [5.74, 6) is 0.607. The minimum atomic E-state index is -0.116. The average Bonchev–Trinajstić information content (AvgIpc) is 2.44. The Kier molecular flexibility index (Phi) is 9.84. The fourth-order valence-corrected chi connectivity index (χ4v) is 1.92. The van der Waals surface area contributed by atoms with Crippen molar-refractivity contribution >= 4 is 18.3 Å². The Hall–Kier alpha value is -1.26. The van der Waals surface area contributed by atoms with E-state index < -0.39 is 0 Å². The lowest BCUT2D eigenvalue weighted by atomic mass is 10.1. The fraction of sp³-hybridized carbons (Fsp3) is 0.562. The van der Waals surface area contributed by atoms with E-state index in [1.807, 2.05) is 32.0 Å². The molecule has 1 aromatic carbocycles. The van der Waals surface area contributed by atoms with E-state index in [1.165, 1.54) is 5.56 Å². The van der Waals surface area contributed by atoms with Gasteiger partial charge >= 0.3 is 0 Å². The van der Waals surface area contributed by atoms with Crippen molar-refractivity contribution in [2.75, 3.05) is 13.2 Å². The van der Waals surface area contributed by atoms with Crippen LogP contribution in [0.4, 0.5) is 0 Å². The Morgan fingerprint density at radius 2 is 2.05 bits per heavy atom. The summed E-state index contributed by atoms with van der Waals surface area (Å²) in [6.07, 6.45) is 3.09. The maximum Gasteiger partial charge on any atom is 0.258 e. The number of hydrogen-bond acceptors (Lipinski definition) is 3. The minimum Gasteiger partial charge on any atom is -0.484 e. The highest BCUT2D eigenvalue weighted by molar-refractivity contribution is 5.85. The van der Waals surface area contributed by atoms with Crippen LogP contribution >= 0.6 is 12.4 Å². The molecule has 21 heavy (non-hydrogen) atoms. The minimum absolute atomic E-state index is 0.